The second-order valence-corrected chi connectivity index (χ2v) is 5.65. The van der Waals surface area contributed by atoms with Crippen LogP contribution in [0.3, 0.4) is 0 Å². The number of hydrogen-bond acceptors (Lipinski definition) is 4. The standard InChI is InChI=1S/C6H11NOS3/c1-11(8)10-5-3-2-4-7-6-9/h2-5H2,1H3/t11-/m1/s1. The summed E-state index contributed by atoms with van der Waals surface area (Å²) in [6.07, 6.45) is 3.75. The fraction of sp³-hybridized carbons (Fsp3) is 0.833. The Morgan fingerprint density at radius 2 is 2.36 bits per heavy atom. The van der Waals surface area contributed by atoms with Crippen molar-refractivity contribution in [1.82, 2.24) is 0 Å². The molecular weight excluding hydrogens is 198 g/mol. The zero-order valence-corrected chi connectivity index (χ0v) is 8.86. The third-order valence-corrected chi connectivity index (χ3v) is 3.39. The summed E-state index contributed by atoms with van der Waals surface area (Å²) in [7, 11) is 0.750. The molecule has 0 radical (unpaired) electrons. The third-order valence-electron chi connectivity index (χ3n) is 0.978. The van der Waals surface area contributed by atoms with Gasteiger partial charge in [0.1, 0.15) is 6.26 Å². The molecule has 0 bridgehead atoms. The molecular formula is C6H11NOS3. The molecule has 0 aromatic carbocycles. The van der Waals surface area contributed by atoms with Gasteiger partial charge in [0, 0.05) is 22.5 Å². The number of nitrogens with zero attached hydrogens (tertiary/aromatic N) is 1. The normalized spacial score (nSPS) is 12.2. The van der Waals surface area contributed by atoms with Crippen LogP contribution in [0.1, 0.15) is 12.8 Å². The van der Waals surface area contributed by atoms with E-state index in [4.69, 9.17) is 0 Å². The maximum absolute atomic E-state index is 10.6. The van der Waals surface area contributed by atoms with Gasteiger partial charge in [0.25, 0.3) is 0 Å². The minimum atomic E-state index is -0.723. The van der Waals surface area contributed by atoms with Crippen molar-refractivity contribution in [2.24, 2.45) is 4.99 Å². The van der Waals surface area contributed by atoms with E-state index in [0.717, 1.165) is 25.1 Å². The van der Waals surface area contributed by atoms with Gasteiger partial charge in [-0.2, -0.15) is 0 Å². The van der Waals surface area contributed by atoms with E-state index in [2.05, 4.69) is 22.4 Å². The van der Waals surface area contributed by atoms with Crippen LogP contribution in [-0.4, -0.2) is 28.3 Å². The van der Waals surface area contributed by atoms with E-state index in [-0.39, 0.29) is 0 Å². The summed E-state index contributed by atoms with van der Waals surface area (Å²) in [5.41, 5.74) is 0. The van der Waals surface area contributed by atoms with Crippen LogP contribution < -0.4 is 0 Å². The maximum atomic E-state index is 10.6. The van der Waals surface area contributed by atoms with E-state index < -0.39 is 10.2 Å². The van der Waals surface area contributed by atoms with E-state index in [1.807, 2.05) is 0 Å². The van der Waals surface area contributed by atoms with Crippen LogP contribution in [0.15, 0.2) is 4.99 Å². The summed E-state index contributed by atoms with van der Waals surface area (Å²) >= 11 is 4.40. The molecule has 0 unspecified atom stereocenters. The molecule has 0 heterocycles. The molecule has 0 amide bonds. The summed E-state index contributed by atoms with van der Waals surface area (Å²) < 4.78 is 10.6. The monoisotopic (exact) mass is 209 g/mol. The van der Waals surface area contributed by atoms with Crippen molar-refractivity contribution >= 4 is 38.4 Å². The van der Waals surface area contributed by atoms with E-state index in [0.29, 0.717) is 0 Å². The lowest BCUT2D eigenvalue weighted by Gasteiger charge is -1.99. The molecule has 0 aliphatic rings. The molecule has 0 saturated carbocycles. The van der Waals surface area contributed by atoms with Crippen LogP contribution in [0.4, 0.5) is 0 Å². The first kappa shape index (κ1) is 11.5. The fourth-order valence-corrected chi connectivity index (χ4v) is 2.22. The van der Waals surface area contributed by atoms with Crippen LogP contribution in [0.2, 0.25) is 0 Å². The van der Waals surface area contributed by atoms with Crippen molar-refractivity contribution in [3.8, 4) is 0 Å². The lowest BCUT2D eigenvalue weighted by molar-refractivity contribution is 0.614. The van der Waals surface area contributed by atoms with E-state index in [1.54, 1.807) is 6.26 Å². The highest BCUT2D eigenvalue weighted by Crippen LogP contribution is 2.11. The van der Waals surface area contributed by atoms with Gasteiger partial charge in [-0.05, 0) is 25.1 Å². The van der Waals surface area contributed by atoms with Crippen molar-refractivity contribution in [3.05, 3.63) is 0 Å². The van der Waals surface area contributed by atoms with Gasteiger partial charge in [-0.1, -0.05) is 0 Å². The molecule has 0 aliphatic carbocycles. The molecule has 0 aromatic heterocycles. The topological polar surface area (TPSA) is 35.4 Å². The molecule has 0 fully saturated rings. The summed E-state index contributed by atoms with van der Waals surface area (Å²) in [5.74, 6) is 0.941. The number of unbranched alkanes of at least 4 members (excludes halogenated alkanes) is 1. The molecule has 5 heteroatoms. The Morgan fingerprint density at radius 1 is 1.64 bits per heavy atom. The Kier molecular flexibility index (Phi) is 8.91. The molecule has 0 aromatic rings. The highest BCUT2D eigenvalue weighted by Gasteiger charge is 1.97. The molecule has 2 nitrogen and oxygen atoms in total. The lowest BCUT2D eigenvalue weighted by atomic mass is 10.3. The minimum absolute atomic E-state index is 0.723. The highest BCUT2D eigenvalue weighted by atomic mass is 33.1. The van der Waals surface area contributed by atoms with E-state index >= 15 is 0 Å². The second-order valence-electron chi connectivity index (χ2n) is 1.90. The third kappa shape index (κ3) is 10.5. The highest BCUT2D eigenvalue weighted by molar-refractivity contribution is 8.71. The van der Waals surface area contributed by atoms with Gasteiger partial charge in [0.05, 0.1) is 16.0 Å². The Hall–Kier alpha value is 0.460. The van der Waals surface area contributed by atoms with Crippen LogP contribution in [0.5, 0.6) is 0 Å². The minimum Gasteiger partial charge on any atom is -0.605 e. The Labute approximate surface area is 79.4 Å². The van der Waals surface area contributed by atoms with Gasteiger partial charge in [-0.25, -0.2) is 4.99 Å². The van der Waals surface area contributed by atoms with Gasteiger partial charge < -0.3 is 4.55 Å². The maximum Gasteiger partial charge on any atom is 0.107 e. The molecule has 0 rings (SSSR count). The Bertz CT molecular complexity index is 134. The predicted molar refractivity (Wildman–Crippen MR) is 55.7 cm³/mol. The molecule has 11 heavy (non-hydrogen) atoms. The van der Waals surface area contributed by atoms with E-state index in [1.165, 1.54) is 10.8 Å². The summed E-state index contributed by atoms with van der Waals surface area (Å²) in [4.78, 5) is 3.77. The van der Waals surface area contributed by atoms with Crippen molar-refractivity contribution in [1.29, 1.82) is 0 Å². The molecule has 0 aliphatic heterocycles. The average molecular weight is 209 g/mol. The SMILES string of the molecule is C[S@+]([O-])SCCCCN=C=S. The average Bonchev–Trinajstić information content (AvgIpc) is 1.96. The second kappa shape index (κ2) is 8.56. The van der Waals surface area contributed by atoms with Gasteiger partial charge in [-0.3, -0.25) is 0 Å². The number of thiocarbonyl (C=S) groups is 1. The molecule has 0 N–H and O–H groups in total. The summed E-state index contributed by atoms with van der Waals surface area (Å²) in [5, 5.41) is 2.31. The van der Waals surface area contributed by atoms with Gasteiger partial charge >= 0.3 is 0 Å². The first-order valence-corrected chi connectivity index (χ1v) is 6.74. The van der Waals surface area contributed by atoms with Crippen molar-refractivity contribution in [3.63, 3.8) is 0 Å². The molecule has 0 spiro atoms. The van der Waals surface area contributed by atoms with Crippen LogP contribution in [-0.2, 0) is 10.2 Å². The predicted octanol–water partition coefficient (Wildman–Crippen LogP) is 1.90. The largest absolute Gasteiger partial charge is 0.605 e. The molecule has 1 atom stereocenters. The van der Waals surface area contributed by atoms with Crippen LogP contribution in [0, 0.1) is 0 Å². The van der Waals surface area contributed by atoms with Crippen LogP contribution in [0.25, 0.3) is 0 Å². The smallest absolute Gasteiger partial charge is 0.107 e. The van der Waals surface area contributed by atoms with Gasteiger partial charge in [-0.15, -0.1) is 0 Å². The Morgan fingerprint density at radius 3 is 2.91 bits per heavy atom. The van der Waals surface area contributed by atoms with Gasteiger partial charge in [0.2, 0.25) is 0 Å². The first-order valence-electron chi connectivity index (χ1n) is 3.27. The molecule has 64 valence electrons. The lowest BCUT2D eigenvalue weighted by Crippen LogP contribution is -1.91. The number of rotatable bonds is 6. The van der Waals surface area contributed by atoms with Gasteiger partial charge in [0.15, 0.2) is 0 Å². The Balaban J connectivity index is 2.96. The number of hydrogen-bond donors (Lipinski definition) is 0. The fourth-order valence-electron chi connectivity index (χ4n) is 0.515. The van der Waals surface area contributed by atoms with Crippen LogP contribution >= 0.6 is 23.0 Å². The number of isothiocyanates is 1. The van der Waals surface area contributed by atoms with Crippen molar-refractivity contribution < 1.29 is 4.55 Å². The van der Waals surface area contributed by atoms with E-state index in [9.17, 15) is 4.55 Å². The zero-order chi connectivity index (χ0) is 8.53. The zero-order valence-electron chi connectivity index (χ0n) is 6.41. The quantitative estimate of drug-likeness (QED) is 0.220. The summed E-state index contributed by atoms with van der Waals surface area (Å²) in [6, 6.07) is 0. The summed E-state index contributed by atoms with van der Waals surface area (Å²) in [6.45, 7) is 0.750. The van der Waals surface area contributed by atoms with Crippen molar-refractivity contribution in [2.45, 2.75) is 12.8 Å². The first-order chi connectivity index (χ1) is 5.27. The number of aliphatic imine (C=N–C) groups is 1. The molecule has 0 saturated heterocycles. The van der Waals surface area contributed by atoms with Crippen molar-refractivity contribution in [2.75, 3.05) is 18.6 Å².